The first-order valence-electron chi connectivity index (χ1n) is 6.84. The zero-order valence-corrected chi connectivity index (χ0v) is 13.0. The van der Waals surface area contributed by atoms with E-state index in [1.807, 2.05) is 0 Å². The molecule has 0 amide bonds. The summed E-state index contributed by atoms with van der Waals surface area (Å²) in [5, 5.41) is 2.22. The molecule has 0 aliphatic rings. The zero-order chi connectivity index (χ0) is 16.8. The molecule has 0 bridgehead atoms. The molecule has 0 aliphatic heterocycles. The van der Waals surface area contributed by atoms with Crippen LogP contribution in [0.5, 0.6) is 0 Å². The number of rotatable bonds is 2. The van der Waals surface area contributed by atoms with E-state index < -0.39 is 18.1 Å². The number of alkyl halides is 5. The van der Waals surface area contributed by atoms with Crippen molar-refractivity contribution in [3.8, 4) is 0 Å². The van der Waals surface area contributed by atoms with Crippen molar-refractivity contribution in [3.63, 3.8) is 0 Å². The van der Waals surface area contributed by atoms with Gasteiger partial charge in [0.25, 0.3) is 0 Å². The predicted octanol–water partition coefficient (Wildman–Crippen LogP) is 5.61. The third-order valence-electron chi connectivity index (χ3n) is 3.90. The van der Waals surface area contributed by atoms with E-state index in [9.17, 15) is 22.0 Å². The van der Waals surface area contributed by atoms with Crippen LogP contribution in [0.4, 0.5) is 22.0 Å². The van der Waals surface area contributed by atoms with Gasteiger partial charge in [0.1, 0.15) is 6.04 Å². The molecule has 1 atom stereocenters. The smallest absolute Gasteiger partial charge is 0.319 e. The molecule has 2 N–H and O–H groups in total. The van der Waals surface area contributed by atoms with E-state index in [1.54, 1.807) is 42.5 Å². The number of hydrogen-bond acceptors (Lipinski definition) is 1. The van der Waals surface area contributed by atoms with Gasteiger partial charge in [-0.3, -0.25) is 0 Å². The molecule has 0 aromatic heterocycles. The van der Waals surface area contributed by atoms with Gasteiger partial charge >= 0.3 is 12.1 Å². The average molecular weight is 362 g/mol. The van der Waals surface area contributed by atoms with Gasteiger partial charge in [0.05, 0.1) is 0 Å². The molecule has 3 aromatic rings. The van der Waals surface area contributed by atoms with Gasteiger partial charge in [-0.05, 0) is 33.2 Å². The summed E-state index contributed by atoms with van der Waals surface area (Å²) in [6, 6.07) is 12.2. The second-order valence-corrected chi connectivity index (χ2v) is 5.33. The first-order chi connectivity index (χ1) is 10.7. The van der Waals surface area contributed by atoms with Crippen LogP contribution in [0, 0.1) is 0 Å². The summed E-state index contributed by atoms with van der Waals surface area (Å²) in [6.45, 7) is 0. The van der Waals surface area contributed by atoms with E-state index in [0.717, 1.165) is 5.39 Å². The molecule has 3 rings (SSSR count). The van der Waals surface area contributed by atoms with Crippen molar-refractivity contribution in [3.05, 3.63) is 60.2 Å². The fraction of sp³-hybridized carbons (Fsp3) is 0.176. The molecular formula is C17H13ClF5N. The van der Waals surface area contributed by atoms with Crippen LogP contribution in [0.25, 0.3) is 21.5 Å². The summed E-state index contributed by atoms with van der Waals surface area (Å²) in [4.78, 5) is 0. The molecule has 0 radical (unpaired) electrons. The van der Waals surface area contributed by atoms with Crippen molar-refractivity contribution in [2.24, 2.45) is 5.73 Å². The van der Waals surface area contributed by atoms with E-state index in [2.05, 4.69) is 0 Å². The van der Waals surface area contributed by atoms with Gasteiger partial charge in [-0.1, -0.05) is 48.5 Å². The molecule has 0 saturated heterocycles. The minimum atomic E-state index is -5.71. The standard InChI is InChI=1S/C17H12F5N.ClH/c18-16(19,17(20,21)22)15(23)14-9-10-5-1-2-6-11(10)12-7-3-4-8-13(12)14;/h1-9,15H,23H2;1H/t15-;/m1./s1. The highest BCUT2D eigenvalue weighted by atomic mass is 35.5. The van der Waals surface area contributed by atoms with Crippen molar-refractivity contribution in [1.82, 2.24) is 0 Å². The summed E-state index contributed by atoms with van der Waals surface area (Å²) in [5.74, 6) is -5.02. The largest absolute Gasteiger partial charge is 0.455 e. The Morgan fingerprint density at radius 2 is 1.25 bits per heavy atom. The van der Waals surface area contributed by atoms with Crippen LogP contribution in [0.2, 0.25) is 0 Å². The minimum Gasteiger partial charge on any atom is -0.319 e. The Morgan fingerprint density at radius 1 is 0.750 bits per heavy atom. The number of halogens is 6. The molecule has 0 saturated carbocycles. The lowest BCUT2D eigenvalue weighted by Crippen LogP contribution is -2.45. The van der Waals surface area contributed by atoms with E-state index in [-0.39, 0.29) is 18.0 Å². The molecule has 0 heterocycles. The van der Waals surface area contributed by atoms with Crippen molar-refractivity contribution >= 4 is 34.0 Å². The summed E-state index contributed by atoms with van der Waals surface area (Å²) < 4.78 is 65.3. The molecule has 1 nitrogen and oxygen atoms in total. The molecule has 128 valence electrons. The van der Waals surface area contributed by atoms with Crippen LogP contribution in [0.15, 0.2) is 54.6 Å². The first-order valence-corrected chi connectivity index (χ1v) is 6.84. The normalized spacial score (nSPS) is 13.8. The Kier molecular flexibility index (Phi) is 4.74. The van der Waals surface area contributed by atoms with E-state index in [0.29, 0.717) is 16.2 Å². The van der Waals surface area contributed by atoms with Gasteiger partial charge in [-0.25, -0.2) is 0 Å². The summed E-state index contributed by atoms with van der Waals surface area (Å²) in [5.41, 5.74) is 5.13. The number of fused-ring (bicyclic) bond motifs is 3. The lowest BCUT2D eigenvalue weighted by atomic mass is 9.91. The fourth-order valence-corrected chi connectivity index (χ4v) is 2.71. The minimum absolute atomic E-state index is 0. The zero-order valence-electron chi connectivity index (χ0n) is 12.1. The Labute approximate surface area is 140 Å². The third-order valence-corrected chi connectivity index (χ3v) is 3.90. The maximum atomic E-state index is 13.7. The lowest BCUT2D eigenvalue weighted by molar-refractivity contribution is -0.290. The summed E-state index contributed by atoms with van der Waals surface area (Å²) in [6.07, 6.45) is -5.71. The van der Waals surface area contributed by atoms with E-state index >= 15 is 0 Å². The van der Waals surface area contributed by atoms with E-state index in [4.69, 9.17) is 5.73 Å². The van der Waals surface area contributed by atoms with Gasteiger partial charge < -0.3 is 5.73 Å². The van der Waals surface area contributed by atoms with E-state index in [1.165, 1.54) is 12.1 Å². The van der Waals surface area contributed by atoms with Crippen LogP contribution in [-0.2, 0) is 0 Å². The fourth-order valence-electron chi connectivity index (χ4n) is 2.71. The molecule has 3 aromatic carbocycles. The van der Waals surface area contributed by atoms with Crippen molar-refractivity contribution in [2.75, 3.05) is 0 Å². The predicted molar refractivity (Wildman–Crippen MR) is 86.6 cm³/mol. The molecule has 0 fully saturated rings. The molecule has 24 heavy (non-hydrogen) atoms. The first kappa shape index (κ1) is 18.4. The van der Waals surface area contributed by atoms with Crippen LogP contribution in [0.1, 0.15) is 11.6 Å². The van der Waals surface area contributed by atoms with Gasteiger partial charge in [0, 0.05) is 0 Å². The molecule has 7 heteroatoms. The van der Waals surface area contributed by atoms with Crippen molar-refractivity contribution < 1.29 is 22.0 Å². The van der Waals surface area contributed by atoms with Crippen LogP contribution < -0.4 is 5.73 Å². The summed E-state index contributed by atoms with van der Waals surface area (Å²) in [7, 11) is 0. The van der Waals surface area contributed by atoms with Crippen LogP contribution >= 0.6 is 12.4 Å². The monoisotopic (exact) mass is 361 g/mol. The van der Waals surface area contributed by atoms with Crippen molar-refractivity contribution in [2.45, 2.75) is 18.1 Å². The molecule has 0 spiro atoms. The highest BCUT2D eigenvalue weighted by molar-refractivity contribution is 6.09. The highest BCUT2D eigenvalue weighted by Crippen LogP contribution is 2.45. The van der Waals surface area contributed by atoms with Crippen LogP contribution in [0.3, 0.4) is 0 Å². The maximum Gasteiger partial charge on any atom is 0.455 e. The van der Waals surface area contributed by atoms with Gasteiger partial charge in [0.15, 0.2) is 0 Å². The quantitative estimate of drug-likeness (QED) is 0.466. The SMILES string of the molecule is Cl.N[C@H](c1cc2ccccc2c2ccccc12)C(F)(F)C(F)(F)F. The Hall–Kier alpha value is -1.92. The van der Waals surface area contributed by atoms with Gasteiger partial charge in [-0.15, -0.1) is 12.4 Å². The second kappa shape index (κ2) is 6.18. The average Bonchev–Trinajstić information content (AvgIpc) is 2.52. The van der Waals surface area contributed by atoms with Crippen molar-refractivity contribution in [1.29, 1.82) is 0 Å². The molecular weight excluding hydrogens is 349 g/mol. The lowest BCUT2D eigenvalue weighted by Gasteiger charge is -2.27. The third kappa shape index (κ3) is 2.80. The van der Waals surface area contributed by atoms with Gasteiger partial charge in [0.2, 0.25) is 0 Å². The number of nitrogens with two attached hydrogens (primary N) is 1. The highest BCUT2D eigenvalue weighted by Gasteiger charge is 2.61. The number of benzene rings is 3. The van der Waals surface area contributed by atoms with Crippen LogP contribution in [-0.4, -0.2) is 12.1 Å². The Morgan fingerprint density at radius 3 is 1.83 bits per heavy atom. The molecule has 0 aliphatic carbocycles. The Bertz CT molecular complexity index is 876. The second-order valence-electron chi connectivity index (χ2n) is 5.33. The molecule has 0 unspecified atom stereocenters. The summed E-state index contributed by atoms with van der Waals surface area (Å²) >= 11 is 0. The van der Waals surface area contributed by atoms with Gasteiger partial charge in [-0.2, -0.15) is 22.0 Å². The topological polar surface area (TPSA) is 26.0 Å². The maximum absolute atomic E-state index is 13.7. The number of hydrogen-bond donors (Lipinski definition) is 1. The Balaban J connectivity index is 0.00000208.